The van der Waals surface area contributed by atoms with Gasteiger partial charge in [-0.05, 0) is 66.6 Å². The first-order valence-corrected chi connectivity index (χ1v) is 19.0. The Kier molecular flexibility index (Phi) is 10.7. The third kappa shape index (κ3) is 8.46. The first-order chi connectivity index (χ1) is 29.2. The zero-order chi connectivity index (χ0) is 43.1. The summed E-state index contributed by atoms with van der Waals surface area (Å²) in [6.07, 6.45) is -3.93. The number of likely N-dealkylation sites (N-methyl/N-ethyl adjacent to an activating group) is 1. The molecule has 6 aromatic rings. The van der Waals surface area contributed by atoms with E-state index in [0.717, 1.165) is 29.8 Å². The summed E-state index contributed by atoms with van der Waals surface area (Å²) in [6.45, 7) is 3.10. The maximum Gasteiger partial charge on any atom is 0.416 e. The van der Waals surface area contributed by atoms with Gasteiger partial charge in [0.05, 0.1) is 45.8 Å². The number of fused-ring (bicyclic) bond motifs is 2. The molecule has 2 N–H and O–H groups in total. The van der Waals surface area contributed by atoms with Crippen molar-refractivity contribution in [2.24, 2.45) is 0 Å². The number of anilines is 6. The molecule has 0 fully saturated rings. The number of hydrogen-bond acceptors (Lipinski definition) is 9. The highest BCUT2D eigenvalue weighted by Crippen LogP contribution is 2.38. The smallest absolute Gasteiger partial charge is 0.370 e. The first kappa shape index (κ1) is 40.5. The van der Waals surface area contributed by atoms with E-state index in [2.05, 4.69) is 30.7 Å². The molecule has 0 spiro atoms. The fourth-order valence-electron chi connectivity index (χ4n) is 7.11. The maximum absolute atomic E-state index is 13.8. The summed E-state index contributed by atoms with van der Waals surface area (Å²) in [5, 5.41) is 10.0. The lowest BCUT2D eigenvalue weighted by Gasteiger charge is -2.36. The molecule has 314 valence electrons. The van der Waals surface area contributed by atoms with E-state index in [1.165, 1.54) is 45.1 Å². The monoisotopic (exact) mass is 842 g/mol. The molecule has 2 aliphatic heterocycles. The van der Waals surface area contributed by atoms with Gasteiger partial charge in [0.1, 0.15) is 13.0 Å². The van der Waals surface area contributed by atoms with Gasteiger partial charge in [0.2, 0.25) is 5.95 Å². The standard InChI is InChI=1S/C41H36F6N12O2/c1-3-25-14-15-48-22-32(25)52-38(60)59-19-17-56(34-13-11-31(51-36(34)59)27-7-5-9-29(21-27)41(45,46)47)24-57-23-49-37(54-57)53-39(61)58-18-16-55(2)33-12-10-30(50-35(33)58)26-6-4-8-28(20-26)40(42,43)44/h4-15,20-23H,3,16-19,24H2,1-2H3,(H,52,60)(H,53,54,61). The molecule has 8 rings (SSSR count). The van der Waals surface area contributed by atoms with Gasteiger partial charge in [-0.1, -0.05) is 31.2 Å². The van der Waals surface area contributed by atoms with Gasteiger partial charge in [0.15, 0.2) is 11.6 Å². The third-order valence-corrected chi connectivity index (χ3v) is 10.3. The van der Waals surface area contributed by atoms with Gasteiger partial charge in [-0.25, -0.2) is 29.2 Å². The SMILES string of the molecule is CCc1ccncc1NC(=O)N1CCN(Cn2cnc(NC(=O)N3CCN(C)c4ccc(-c5cccc(C(F)(F)F)c5)nc43)n2)c2ccc(-c3cccc(C(F)(F)F)c3)nc21. The van der Waals surface area contributed by atoms with Crippen LogP contribution in [0.5, 0.6) is 0 Å². The van der Waals surface area contributed by atoms with Crippen LogP contribution in [0, 0.1) is 0 Å². The van der Waals surface area contributed by atoms with E-state index >= 15 is 0 Å². The lowest BCUT2D eigenvalue weighted by atomic mass is 10.1. The summed E-state index contributed by atoms with van der Waals surface area (Å²) in [5.41, 5.74) is 1.68. The van der Waals surface area contributed by atoms with Crippen LogP contribution in [-0.2, 0) is 25.4 Å². The van der Waals surface area contributed by atoms with Crippen molar-refractivity contribution in [2.45, 2.75) is 32.4 Å². The van der Waals surface area contributed by atoms with Gasteiger partial charge >= 0.3 is 24.4 Å². The van der Waals surface area contributed by atoms with Gasteiger partial charge in [-0.3, -0.25) is 20.1 Å². The number of rotatable bonds is 7. The summed E-state index contributed by atoms with van der Waals surface area (Å²) in [5.74, 6) is 0.393. The number of carbonyl (C=O) groups excluding carboxylic acids is 2. The number of aryl methyl sites for hydroxylation is 1. The lowest BCUT2D eigenvalue weighted by molar-refractivity contribution is -0.138. The summed E-state index contributed by atoms with van der Waals surface area (Å²) in [6, 6.07) is 16.8. The van der Waals surface area contributed by atoms with Gasteiger partial charge in [-0.2, -0.15) is 26.3 Å². The predicted molar refractivity (Wildman–Crippen MR) is 216 cm³/mol. The van der Waals surface area contributed by atoms with Crippen molar-refractivity contribution in [3.8, 4) is 22.5 Å². The summed E-state index contributed by atoms with van der Waals surface area (Å²) in [4.78, 5) is 51.8. The number of nitrogens with one attached hydrogen (secondary N) is 2. The Morgan fingerprint density at radius 2 is 1.31 bits per heavy atom. The average Bonchev–Trinajstić information content (AvgIpc) is 3.69. The Bertz CT molecular complexity index is 2620. The number of alkyl halides is 6. The van der Waals surface area contributed by atoms with Crippen molar-refractivity contribution in [2.75, 3.05) is 63.5 Å². The van der Waals surface area contributed by atoms with Crippen molar-refractivity contribution < 1.29 is 35.9 Å². The number of amides is 4. The van der Waals surface area contributed by atoms with E-state index in [0.29, 0.717) is 30.0 Å². The topological polar surface area (TPSA) is 141 Å². The van der Waals surface area contributed by atoms with Gasteiger partial charge in [0.25, 0.3) is 0 Å². The molecule has 0 unspecified atom stereocenters. The molecule has 0 saturated heterocycles. The fraction of sp³-hybridized carbons (Fsp3) is 0.244. The average molecular weight is 843 g/mol. The van der Waals surface area contributed by atoms with Crippen LogP contribution in [0.15, 0.2) is 97.6 Å². The molecule has 0 bridgehead atoms. The quantitative estimate of drug-likeness (QED) is 0.152. The number of hydrogen-bond donors (Lipinski definition) is 2. The maximum atomic E-state index is 13.8. The Labute approximate surface area is 344 Å². The number of aromatic nitrogens is 6. The molecule has 2 aromatic carbocycles. The second kappa shape index (κ2) is 16.1. The van der Waals surface area contributed by atoms with Crippen LogP contribution in [0.3, 0.4) is 0 Å². The molecule has 0 saturated carbocycles. The van der Waals surface area contributed by atoms with Gasteiger partial charge in [-0.15, -0.1) is 5.10 Å². The van der Waals surface area contributed by atoms with Crippen molar-refractivity contribution >= 4 is 46.7 Å². The normalized spacial score (nSPS) is 14.1. The van der Waals surface area contributed by atoms with Crippen molar-refractivity contribution in [3.05, 3.63) is 114 Å². The molecule has 6 heterocycles. The van der Waals surface area contributed by atoms with Crippen molar-refractivity contribution in [1.82, 2.24) is 29.7 Å². The number of nitrogens with zero attached hydrogens (tertiary/aromatic N) is 10. The molecular formula is C41H36F6N12O2. The number of halogens is 6. The third-order valence-electron chi connectivity index (χ3n) is 10.3. The number of pyridine rings is 3. The molecule has 0 aliphatic carbocycles. The molecule has 4 amide bonds. The number of benzene rings is 2. The highest BCUT2D eigenvalue weighted by atomic mass is 19.4. The minimum absolute atomic E-state index is 0.0426. The summed E-state index contributed by atoms with van der Waals surface area (Å²) >= 11 is 0. The predicted octanol–water partition coefficient (Wildman–Crippen LogP) is 8.40. The fourth-order valence-corrected chi connectivity index (χ4v) is 7.11. The van der Waals surface area contributed by atoms with E-state index < -0.39 is 35.5 Å². The van der Waals surface area contributed by atoms with E-state index in [1.54, 1.807) is 42.7 Å². The Hall–Kier alpha value is -7.25. The van der Waals surface area contributed by atoms with E-state index in [4.69, 9.17) is 4.98 Å². The van der Waals surface area contributed by atoms with Gasteiger partial charge < -0.3 is 15.1 Å². The largest absolute Gasteiger partial charge is 0.416 e. The number of urea groups is 2. The Morgan fingerprint density at radius 1 is 0.721 bits per heavy atom. The Morgan fingerprint density at radius 3 is 1.93 bits per heavy atom. The van der Waals surface area contributed by atoms with E-state index in [1.807, 2.05) is 23.8 Å². The molecule has 2 aliphatic rings. The molecule has 61 heavy (non-hydrogen) atoms. The van der Waals surface area contributed by atoms with E-state index in [9.17, 15) is 35.9 Å². The molecule has 0 atom stereocenters. The molecule has 20 heteroatoms. The highest BCUT2D eigenvalue weighted by molar-refractivity contribution is 6.04. The van der Waals surface area contributed by atoms with E-state index in [-0.39, 0.29) is 66.4 Å². The van der Waals surface area contributed by atoms with Crippen LogP contribution in [0.25, 0.3) is 22.5 Å². The molecular weight excluding hydrogens is 807 g/mol. The highest BCUT2D eigenvalue weighted by Gasteiger charge is 2.34. The van der Waals surface area contributed by atoms with Crippen LogP contribution >= 0.6 is 0 Å². The Balaban J connectivity index is 1.03. The number of carbonyl (C=O) groups is 2. The second-order valence-electron chi connectivity index (χ2n) is 14.2. The lowest BCUT2D eigenvalue weighted by Crippen LogP contribution is -2.47. The van der Waals surface area contributed by atoms with Crippen LogP contribution in [0.4, 0.5) is 70.6 Å². The second-order valence-corrected chi connectivity index (χ2v) is 14.2. The van der Waals surface area contributed by atoms with Crippen molar-refractivity contribution in [1.29, 1.82) is 0 Å². The summed E-state index contributed by atoms with van der Waals surface area (Å²) < 4.78 is 82.8. The summed E-state index contributed by atoms with van der Waals surface area (Å²) in [7, 11) is 1.82. The molecule has 14 nitrogen and oxygen atoms in total. The van der Waals surface area contributed by atoms with Crippen LogP contribution in [0.1, 0.15) is 23.6 Å². The minimum atomic E-state index is -4.57. The minimum Gasteiger partial charge on any atom is -0.370 e. The zero-order valence-electron chi connectivity index (χ0n) is 32.5. The molecule has 0 radical (unpaired) electrons. The van der Waals surface area contributed by atoms with Gasteiger partial charge in [0, 0.05) is 50.6 Å². The van der Waals surface area contributed by atoms with Crippen LogP contribution in [-0.4, -0.2) is 75.0 Å². The zero-order valence-corrected chi connectivity index (χ0v) is 32.5. The van der Waals surface area contributed by atoms with Crippen LogP contribution in [0.2, 0.25) is 0 Å². The first-order valence-electron chi connectivity index (χ1n) is 19.0. The van der Waals surface area contributed by atoms with Crippen molar-refractivity contribution in [3.63, 3.8) is 0 Å². The van der Waals surface area contributed by atoms with Crippen LogP contribution < -0.4 is 30.2 Å². The molecule has 4 aromatic heterocycles.